The largest absolute Gasteiger partial charge is 0.486 e. The highest BCUT2D eigenvalue weighted by molar-refractivity contribution is 6.33. The van der Waals surface area contributed by atoms with E-state index in [-0.39, 0.29) is 16.4 Å². The first-order valence-electron chi connectivity index (χ1n) is 9.36. The molecular weight excluding hydrogens is 381 g/mol. The summed E-state index contributed by atoms with van der Waals surface area (Å²) in [6.07, 6.45) is 1.33. The van der Waals surface area contributed by atoms with E-state index < -0.39 is 17.3 Å². The van der Waals surface area contributed by atoms with Crippen LogP contribution in [0, 0.1) is 19.7 Å². The Morgan fingerprint density at radius 3 is 2.61 bits per heavy atom. The molecule has 2 aliphatic rings. The number of nitrogens with zero attached hydrogens (tertiary/aromatic N) is 1. The Morgan fingerprint density at radius 2 is 1.93 bits per heavy atom. The van der Waals surface area contributed by atoms with E-state index in [0.29, 0.717) is 43.7 Å². The third-order valence-electron chi connectivity index (χ3n) is 5.66. The molecule has 2 heterocycles. The van der Waals surface area contributed by atoms with Crippen LogP contribution in [-0.4, -0.2) is 35.3 Å². The molecule has 1 amide bonds. The molecule has 4 rings (SSSR count). The monoisotopic (exact) mass is 401 g/mol. The molecule has 1 spiro atoms. The minimum atomic E-state index is -0.623. The average molecular weight is 402 g/mol. The first kappa shape index (κ1) is 18.9. The molecule has 28 heavy (non-hydrogen) atoms. The maximum absolute atomic E-state index is 14.1. The zero-order chi connectivity index (χ0) is 20.1. The van der Waals surface area contributed by atoms with Crippen LogP contribution in [0.2, 0.25) is 5.02 Å². The highest BCUT2D eigenvalue weighted by Crippen LogP contribution is 2.41. The highest BCUT2D eigenvalue weighted by Gasteiger charge is 2.44. The van der Waals surface area contributed by atoms with E-state index >= 15 is 0 Å². The molecule has 146 valence electrons. The topological polar surface area (TPSA) is 46.6 Å². The van der Waals surface area contributed by atoms with Crippen LogP contribution in [0.15, 0.2) is 30.3 Å². The van der Waals surface area contributed by atoms with E-state index in [0.717, 1.165) is 11.1 Å². The van der Waals surface area contributed by atoms with Gasteiger partial charge in [-0.05, 0) is 43.2 Å². The van der Waals surface area contributed by atoms with E-state index in [2.05, 4.69) is 0 Å². The number of carbonyl (C=O) groups is 2. The number of ether oxygens (including phenoxy) is 1. The van der Waals surface area contributed by atoms with Gasteiger partial charge in [0.2, 0.25) is 0 Å². The van der Waals surface area contributed by atoms with Crippen molar-refractivity contribution in [1.82, 2.24) is 4.90 Å². The van der Waals surface area contributed by atoms with Gasteiger partial charge in [-0.15, -0.1) is 0 Å². The van der Waals surface area contributed by atoms with Gasteiger partial charge in [0.1, 0.15) is 17.2 Å². The number of aryl methyl sites for hydroxylation is 2. The second-order valence-corrected chi connectivity index (χ2v) is 8.14. The lowest BCUT2D eigenvalue weighted by molar-refractivity contribution is -0.00627. The van der Waals surface area contributed by atoms with Gasteiger partial charge in [0, 0.05) is 25.9 Å². The Morgan fingerprint density at radius 1 is 1.21 bits per heavy atom. The molecule has 0 saturated carbocycles. The van der Waals surface area contributed by atoms with Crippen LogP contribution in [0.1, 0.15) is 51.1 Å². The predicted octanol–water partition coefficient (Wildman–Crippen LogP) is 4.74. The van der Waals surface area contributed by atoms with Crippen LogP contribution >= 0.6 is 11.6 Å². The summed E-state index contributed by atoms with van der Waals surface area (Å²) in [5, 5.41) is 0.106. The molecule has 2 aliphatic heterocycles. The summed E-state index contributed by atoms with van der Waals surface area (Å²) in [5.74, 6) is -0.321. The van der Waals surface area contributed by atoms with Crippen molar-refractivity contribution in [3.8, 4) is 5.75 Å². The number of hydrogen-bond acceptors (Lipinski definition) is 3. The number of fused-ring (bicyclic) bond motifs is 1. The van der Waals surface area contributed by atoms with Crippen molar-refractivity contribution in [3.63, 3.8) is 0 Å². The Labute approximate surface area is 168 Å². The van der Waals surface area contributed by atoms with E-state index in [9.17, 15) is 14.0 Å². The van der Waals surface area contributed by atoms with Crippen LogP contribution in [0.3, 0.4) is 0 Å². The number of rotatable bonds is 1. The molecule has 1 fully saturated rings. The van der Waals surface area contributed by atoms with Crippen molar-refractivity contribution < 1.29 is 18.7 Å². The number of ketones is 1. The van der Waals surface area contributed by atoms with Crippen molar-refractivity contribution in [3.05, 3.63) is 63.4 Å². The van der Waals surface area contributed by atoms with E-state index in [4.69, 9.17) is 16.3 Å². The van der Waals surface area contributed by atoms with E-state index in [1.165, 1.54) is 18.2 Å². The molecule has 0 bridgehead atoms. The lowest BCUT2D eigenvalue weighted by Crippen LogP contribution is -2.52. The number of halogens is 2. The third kappa shape index (κ3) is 3.18. The maximum Gasteiger partial charge on any atom is 0.258 e. The second-order valence-electron chi connectivity index (χ2n) is 7.73. The fraction of sp³-hybridized carbons (Fsp3) is 0.364. The minimum Gasteiger partial charge on any atom is -0.486 e. The first-order chi connectivity index (χ1) is 13.3. The van der Waals surface area contributed by atoms with Gasteiger partial charge < -0.3 is 9.64 Å². The fourth-order valence-electron chi connectivity index (χ4n) is 4.19. The van der Waals surface area contributed by atoms with Gasteiger partial charge in [0.25, 0.3) is 5.91 Å². The van der Waals surface area contributed by atoms with Gasteiger partial charge in [0.15, 0.2) is 5.78 Å². The molecular formula is C22H21ClFNO3. The lowest BCUT2D eigenvalue weighted by Gasteiger charge is -2.44. The number of piperidine rings is 1. The van der Waals surface area contributed by atoms with Gasteiger partial charge in [0.05, 0.1) is 22.6 Å². The maximum atomic E-state index is 14.1. The van der Waals surface area contributed by atoms with Crippen molar-refractivity contribution in [1.29, 1.82) is 0 Å². The SMILES string of the molecule is Cc1cc(C)c2c(c1)C(=O)CC1(CCN(C(=O)c3c(F)cccc3Cl)CC1)O2. The van der Waals surface area contributed by atoms with Gasteiger partial charge >= 0.3 is 0 Å². The summed E-state index contributed by atoms with van der Waals surface area (Å²) >= 11 is 6.03. The van der Waals surface area contributed by atoms with Crippen molar-refractivity contribution >= 4 is 23.3 Å². The van der Waals surface area contributed by atoms with Crippen LogP contribution in [0.4, 0.5) is 4.39 Å². The van der Waals surface area contributed by atoms with Crippen LogP contribution in [0.5, 0.6) is 5.75 Å². The molecule has 0 radical (unpaired) electrons. The molecule has 0 aromatic heterocycles. The van der Waals surface area contributed by atoms with Crippen molar-refractivity contribution in [2.45, 2.75) is 38.7 Å². The third-order valence-corrected chi connectivity index (χ3v) is 5.97. The molecule has 2 aromatic rings. The summed E-state index contributed by atoms with van der Waals surface area (Å²) in [6, 6.07) is 8.09. The summed E-state index contributed by atoms with van der Waals surface area (Å²) < 4.78 is 20.4. The molecule has 1 saturated heterocycles. The number of carbonyl (C=O) groups excluding carboxylic acids is 2. The van der Waals surface area contributed by atoms with Gasteiger partial charge in [-0.3, -0.25) is 9.59 Å². The fourth-order valence-corrected chi connectivity index (χ4v) is 4.44. The van der Waals surface area contributed by atoms with Gasteiger partial charge in [-0.25, -0.2) is 4.39 Å². The summed E-state index contributed by atoms with van der Waals surface area (Å²) in [6.45, 7) is 4.67. The Kier molecular flexibility index (Phi) is 4.66. The normalized spacial score (nSPS) is 18.0. The summed E-state index contributed by atoms with van der Waals surface area (Å²) in [7, 11) is 0. The Balaban J connectivity index is 1.54. The van der Waals surface area contributed by atoms with Crippen LogP contribution < -0.4 is 4.74 Å². The number of Topliss-reactive ketones (excluding diaryl/α,β-unsaturated/α-hetero) is 1. The number of amides is 1. The molecule has 0 unspecified atom stereocenters. The number of likely N-dealkylation sites (tertiary alicyclic amines) is 1. The molecule has 0 N–H and O–H groups in total. The van der Waals surface area contributed by atoms with Gasteiger partial charge in [-0.1, -0.05) is 23.7 Å². The molecule has 2 aromatic carbocycles. The Hall–Kier alpha value is -2.40. The zero-order valence-corrected chi connectivity index (χ0v) is 16.6. The van der Waals surface area contributed by atoms with E-state index in [1.807, 2.05) is 26.0 Å². The molecule has 0 aliphatic carbocycles. The zero-order valence-electron chi connectivity index (χ0n) is 15.9. The lowest BCUT2D eigenvalue weighted by atomic mass is 9.81. The first-order valence-corrected chi connectivity index (χ1v) is 9.74. The average Bonchev–Trinajstić information content (AvgIpc) is 2.63. The van der Waals surface area contributed by atoms with Crippen LogP contribution in [0.25, 0.3) is 0 Å². The molecule has 6 heteroatoms. The number of hydrogen-bond donors (Lipinski definition) is 0. The quantitative estimate of drug-likeness (QED) is 0.693. The predicted molar refractivity (Wildman–Crippen MR) is 105 cm³/mol. The van der Waals surface area contributed by atoms with Crippen molar-refractivity contribution in [2.75, 3.05) is 13.1 Å². The molecule has 4 nitrogen and oxygen atoms in total. The molecule has 0 atom stereocenters. The Bertz CT molecular complexity index is 960. The smallest absolute Gasteiger partial charge is 0.258 e. The summed E-state index contributed by atoms with van der Waals surface area (Å²) in [5.41, 5.74) is 1.91. The highest BCUT2D eigenvalue weighted by atomic mass is 35.5. The minimum absolute atomic E-state index is 0.0741. The summed E-state index contributed by atoms with van der Waals surface area (Å²) in [4.78, 5) is 27.1. The van der Waals surface area contributed by atoms with E-state index in [1.54, 1.807) is 4.90 Å². The second kappa shape index (κ2) is 6.89. The van der Waals surface area contributed by atoms with Crippen LogP contribution in [-0.2, 0) is 0 Å². The number of benzene rings is 2. The van der Waals surface area contributed by atoms with Crippen molar-refractivity contribution in [2.24, 2.45) is 0 Å². The van der Waals surface area contributed by atoms with Gasteiger partial charge in [-0.2, -0.15) is 0 Å². The standard InChI is InChI=1S/C22H21ClFNO3/c1-13-10-14(2)20-15(11-13)18(26)12-22(28-20)6-8-25(9-7-22)21(27)19-16(23)4-3-5-17(19)24/h3-5,10-11H,6-9,12H2,1-2H3.